The SMILES string of the molecule is CC(C)(C)OC(=O)NCC(=O)N1CCN(C(=O)CCCOc2ccc(C(C)(C)C)cc2)CC1. The van der Waals surface area contributed by atoms with Crippen molar-refractivity contribution in [1.82, 2.24) is 15.1 Å². The molecule has 1 aromatic rings. The Balaban J connectivity index is 1.63. The highest BCUT2D eigenvalue weighted by Crippen LogP contribution is 2.24. The predicted octanol–water partition coefficient (Wildman–Crippen LogP) is 3.34. The van der Waals surface area contributed by atoms with Crippen LogP contribution in [0.1, 0.15) is 59.9 Å². The first kappa shape index (κ1) is 26.5. The summed E-state index contributed by atoms with van der Waals surface area (Å²) in [5, 5.41) is 2.48. The van der Waals surface area contributed by atoms with Gasteiger partial charge in [0.25, 0.3) is 0 Å². The molecule has 1 N–H and O–H groups in total. The topological polar surface area (TPSA) is 88.2 Å². The molecule has 0 aromatic heterocycles. The van der Waals surface area contributed by atoms with Crippen molar-refractivity contribution in [2.75, 3.05) is 39.3 Å². The zero-order valence-electron chi connectivity index (χ0n) is 20.9. The van der Waals surface area contributed by atoms with Gasteiger partial charge in [0.2, 0.25) is 11.8 Å². The number of carbonyl (C=O) groups excluding carboxylic acids is 3. The first-order valence-corrected chi connectivity index (χ1v) is 11.6. The number of benzene rings is 1. The second-order valence-corrected chi connectivity index (χ2v) is 10.3. The van der Waals surface area contributed by atoms with Crippen LogP contribution in [0, 0.1) is 0 Å². The van der Waals surface area contributed by atoms with Crippen LogP contribution in [0.4, 0.5) is 4.79 Å². The van der Waals surface area contributed by atoms with Gasteiger partial charge in [-0.1, -0.05) is 32.9 Å². The van der Waals surface area contributed by atoms with Crippen LogP contribution in [0.15, 0.2) is 24.3 Å². The minimum atomic E-state index is -0.614. The van der Waals surface area contributed by atoms with Gasteiger partial charge in [-0.05, 0) is 50.3 Å². The third kappa shape index (κ3) is 9.32. The summed E-state index contributed by atoms with van der Waals surface area (Å²) in [6.07, 6.45) is 0.435. The molecule has 1 saturated heterocycles. The van der Waals surface area contributed by atoms with Crippen LogP contribution in [-0.2, 0) is 19.7 Å². The van der Waals surface area contributed by atoms with Crippen LogP contribution in [-0.4, -0.2) is 72.6 Å². The number of carbonyl (C=O) groups is 3. The van der Waals surface area contributed by atoms with E-state index in [9.17, 15) is 14.4 Å². The third-order valence-corrected chi connectivity index (χ3v) is 5.29. The number of ether oxygens (including phenoxy) is 2. The van der Waals surface area contributed by atoms with Crippen molar-refractivity contribution in [3.05, 3.63) is 29.8 Å². The Hall–Kier alpha value is -2.77. The Morgan fingerprint density at radius 3 is 1.94 bits per heavy atom. The fourth-order valence-corrected chi connectivity index (χ4v) is 3.40. The summed E-state index contributed by atoms with van der Waals surface area (Å²) < 4.78 is 10.9. The highest BCUT2D eigenvalue weighted by Gasteiger charge is 2.24. The minimum absolute atomic E-state index is 0.0701. The molecule has 8 nitrogen and oxygen atoms in total. The van der Waals surface area contributed by atoms with Crippen molar-refractivity contribution in [3.8, 4) is 5.75 Å². The van der Waals surface area contributed by atoms with Crippen molar-refractivity contribution in [2.45, 2.75) is 65.4 Å². The maximum absolute atomic E-state index is 12.5. The normalized spacial score (nSPS) is 14.6. The number of hydrogen-bond acceptors (Lipinski definition) is 5. The van der Waals surface area contributed by atoms with Gasteiger partial charge in [0.1, 0.15) is 17.9 Å². The molecule has 0 atom stereocenters. The van der Waals surface area contributed by atoms with E-state index in [1.807, 2.05) is 12.1 Å². The van der Waals surface area contributed by atoms with Gasteiger partial charge in [-0.15, -0.1) is 0 Å². The van der Waals surface area contributed by atoms with E-state index >= 15 is 0 Å². The van der Waals surface area contributed by atoms with E-state index in [2.05, 4.69) is 38.2 Å². The molecule has 0 bridgehead atoms. The number of hydrogen-bond donors (Lipinski definition) is 1. The fourth-order valence-electron chi connectivity index (χ4n) is 3.40. The van der Waals surface area contributed by atoms with Crippen molar-refractivity contribution in [2.24, 2.45) is 0 Å². The van der Waals surface area contributed by atoms with Crippen LogP contribution in [0.25, 0.3) is 0 Å². The zero-order valence-corrected chi connectivity index (χ0v) is 20.9. The van der Waals surface area contributed by atoms with E-state index in [1.165, 1.54) is 5.56 Å². The maximum atomic E-state index is 12.5. The maximum Gasteiger partial charge on any atom is 0.408 e. The highest BCUT2D eigenvalue weighted by atomic mass is 16.6. The summed E-state index contributed by atoms with van der Waals surface area (Å²) in [5.74, 6) is 0.696. The van der Waals surface area contributed by atoms with Gasteiger partial charge in [0, 0.05) is 32.6 Å². The first-order valence-electron chi connectivity index (χ1n) is 11.6. The summed E-state index contributed by atoms with van der Waals surface area (Å²) in [7, 11) is 0. The lowest BCUT2D eigenvalue weighted by Gasteiger charge is -2.35. The average molecular weight is 462 g/mol. The second-order valence-electron chi connectivity index (χ2n) is 10.3. The second kappa shape index (κ2) is 11.4. The summed E-state index contributed by atoms with van der Waals surface area (Å²) in [5.41, 5.74) is 0.748. The molecular formula is C25H39N3O5. The monoisotopic (exact) mass is 461 g/mol. The van der Waals surface area contributed by atoms with Gasteiger partial charge < -0.3 is 24.6 Å². The molecule has 33 heavy (non-hydrogen) atoms. The molecule has 2 rings (SSSR count). The van der Waals surface area contributed by atoms with Gasteiger partial charge in [-0.25, -0.2) is 4.79 Å². The Morgan fingerprint density at radius 2 is 1.42 bits per heavy atom. The lowest BCUT2D eigenvalue weighted by Crippen LogP contribution is -2.52. The molecule has 0 aliphatic carbocycles. The predicted molar refractivity (Wildman–Crippen MR) is 127 cm³/mol. The molecule has 1 aliphatic rings. The number of nitrogens with one attached hydrogen (secondary N) is 1. The minimum Gasteiger partial charge on any atom is -0.494 e. The Bertz CT molecular complexity index is 801. The molecule has 0 unspecified atom stereocenters. The summed E-state index contributed by atoms with van der Waals surface area (Å²) in [6, 6.07) is 8.08. The smallest absolute Gasteiger partial charge is 0.408 e. The van der Waals surface area contributed by atoms with Gasteiger partial charge in [-0.3, -0.25) is 9.59 Å². The van der Waals surface area contributed by atoms with Gasteiger partial charge in [-0.2, -0.15) is 0 Å². The zero-order chi connectivity index (χ0) is 24.6. The van der Waals surface area contributed by atoms with Crippen LogP contribution in [0.2, 0.25) is 0 Å². The molecule has 8 heteroatoms. The van der Waals surface area contributed by atoms with E-state index < -0.39 is 11.7 Å². The van der Waals surface area contributed by atoms with Gasteiger partial charge >= 0.3 is 6.09 Å². The lowest BCUT2D eigenvalue weighted by atomic mass is 9.87. The summed E-state index contributed by atoms with van der Waals surface area (Å²) in [4.78, 5) is 39.9. The average Bonchev–Trinajstić information content (AvgIpc) is 2.73. The molecule has 1 fully saturated rings. The van der Waals surface area contributed by atoms with Crippen LogP contribution in [0.5, 0.6) is 5.75 Å². The largest absolute Gasteiger partial charge is 0.494 e. The number of amides is 3. The quantitative estimate of drug-likeness (QED) is 0.629. The first-order chi connectivity index (χ1) is 15.3. The molecule has 0 spiro atoms. The van der Waals surface area contributed by atoms with E-state index in [0.717, 1.165) is 5.75 Å². The number of nitrogens with zero attached hydrogens (tertiary/aromatic N) is 2. The highest BCUT2D eigenvalue weighted by molar-refractivity contribution is 5.83. The number of piperazine rings is 1. The van der Waals surface area contributed by atoms with Crippen molar-refractivity contribution >= 4 is 17.9 Å². The van der Waals surface area contributed by atoms with Crippen LogP contribution < -0.4 is 10.1 Å². The molecule has 1 aromatic carbocycles. The molecule has 3 amide bonds. The molecule has 0 radical (unpaired) electrons. The van der Waals surface area contributed by atoms with E-state index in [1.54, 1.807) is 30.6 Å². The Morgan fingerprint density at radius 1 is 0.879 bits per heavy atom. The van der Waals surface area contributed by atoms with Gasteiger partial charge in [0.05, 0.1) is 6.61 Å². The van der Waals surface area contributed by atoms with Gasteiger partial charge in [0.15, 0.2) is 0 Å². The third-order valence-electron chi connectivity index (χ3n) is 5.29. The Kier molecular flexibility index (Phi) is 9.14. The summed E-state index contributed by atoms with van der Waals surface area (Å²) in [6.45, 7) is 14.1. The van der Waals surface area contributed by atoms with Crippen LogP contribution >= 0.6 is 0 Å². The Labute approximate surface area is 197 Å². The molecule has 184 valence electrons. The molecule has 0 saturated carbocycles. The lowest BCUT2D eigenvalue weighted by molar-refractivity contribution is -0.139. The van der Waals surface area contributed by atoms with Crippen molar-refractivity contribution < 1.29 is 23.9 Å². The number of alkyl carbamates (subject to hydrolysis) is 1. The standard InChI is InChI=1S/C25H39N3O5/c1-24(2,3)19-9-11-20(12-10-19)32-17-7-8-21(29)27-13-15-28(16-14-27)22(30)18-26-23(31)33-25(4,5)6/h9-12H,7-8,13-18H2,1-6H3,(H,26,31). The number of rotatable bonds is 7. The van der Waals surface area contributed by atoms with Crippen molar-refractivity contribution in [1.29, 1.82) is 0 Å². The fraction of sp³-hybridized carbons (Fsp3) is 0.640. The van der Waals surface area contributed by atoms with E-state index in [-0.39, 0.29) is 23.8 Å². The van der Waals surface area contributed by atoms with Crippen molar-refractivity contribution in [3.63, 3.8) is 0 Å². The molecular weight excluding hydrogens is 422 g/mol. The summed E-state index contributed by atoms with van der Waals surface area (Å²) >= 11 is 0. The molecule has 1 heterocycles. The van der Waals surface area contributed by atoms with E-state index in [0.29, 0.717) is 45.6 Å². The van der Waals surface area contributed by atoms with E-state index in [4.69, 9.17) is 9.47 Å². The van der Waals surface area contributed by atoms with Crippen LogP contribution in [0.3, 0.4) is 0 Å². The molecule has 1 aliphatic heterocycles.